The monoisotopic (exact) mass is 1240 g/mol. The molecule has 4 aliphatic rings. The van der Waals surface area contributed by atoms with Crippen LogP contribution in [0.4, 0.5) is 0 Å². The highest BCUT2D eigenvalue weighted by molar-refractivity contribution is 6.00. The normalized spacial score (nSPS) is 23.7. The lowest BCUT2D eigenvalue weighted by molar-refractivity contribution is -0.147. The molecule has 0 aliphatic carbocycles. The second-order valence-corrected chi connectivity index (χ2v) is 24.3. The van der Waals surface area contributed by atoms with E-state index in [2.05, 4.69) is 38.5 Å². The standard InChI is InChI=1S/2C34H47N5O6/c2*1-5-22(3)30-34(44)38-19-13-12-18-29(38)33(43)35-26(16-9-7-8-14-24(40)6-2)31(41)36-27(32(42)37-30)20-23-21-39(45-4)28-17-11-10-15-25(23)28/h8,10-11,14-15,17,21-22,26-27,29-30H,5-7,9,12-13,16,18-20H2,1-4H3,(H,35,43)(H,36,41)(H,37,42);6,10-11,15,17,21-22,26-27,29-30H,2,5,7-9,12-14,16,18-20H2,1,3-4H3,(H,35,43)(H,36,41)(H,37,42)/b14-8+;/t22?,26?,27-,29+,30-;22?,26-,27-,29+,30-/m00/s1. The van der Waals surface area contributed by atoms with Gasteiger partial charge >= 0.3 is 0 Å². The number of fused-ring (bicyclic) bond motifs is 4. The average Bonchev–Trinajstić information content (AvgIpc) is 1.74. The third-order valence-corrected chi connectivity index (χ3v) is 18.2. The number of carbonyl (C=O) groups is 10. The maximum Gasteiger partial charge on any atom is 0.246 e. The van der Waals surface area contributed by atoms with Crippen molar-refractivity contribution in [3.05, 3.63) is 96.9 Å². The van der Waals surface area contributed by atoms with Crippen LogP contribution in [0, 0.1) is 11.8 Å². The molecule has 22 nitrogen and oxygen atoms in total. The summed E-state index contributed by atoms with van der Waals surface area (Å²) in [5.74, 6) is -3.53. The van der Waals surface area contributed by atoms with Gasteiger partial charge in [-0.1, -0.05) is 109 Å². The van der Waals surface area contributed by atoms with Gasteiger partial charge in [0.05, 0.1) is 11.0 Å². The van der Waals surface area contributed by atoms with Crippen LogP contribution in [0.3, 0.4) is 0 Å². The van der Waals surface area contributed by atoms with E-state index in [-0.39, 0.29) is 59.9 Å². The number of nitrogens with zero attached hydrogens (tertiary/aromatic N) is 4. The molecule has 8 amide bonds. The lowest BCUT2D eigenvalue weighted by Gasteiger charge is -2.39. The van der Waals surface area contributed by atoms with E-state index < -0.39 is 72.0 Å². The Morgan fingerprint density at radius 3 is 1.42 bits per heavy atom. The van der Waals surface area contributed by atoms with Crippen molar-refractivity contribution < 1.29 is 57.6 Å². The molecule has 4 fully saturated rings. The average molecular weight is 1240 g/mol. The van der Waals surface area contributed by atoms with Crippen LogP contribution in [0.15, 0.2) is 85.7 Å². The molecule has 22 heteroatoms. The molecule has 0 radical (unpaired) electrons. The van der Waals surface area contributed by atoms with E-state index in [1.807, 2.05) is 76.2 Å². The summed E-state index contributed by atoms with van der Waals surface area (Å²) in [6.07, 6.45) is 18.3. The number of allylic oxidation sites excluding steroid dienone is 3. The van der Waals surface area contributed by atoms with Crippen molar-refractivity contribution in [3.63, 3.8) is 0 Å². The Balaban J connectivity index is 0.000000256. The molecule has 0 bridgehead atoms. The van der Waals surface area contributed by atoms with Crippen molar-refractivity contribution in [2.24, 2.45) is 11.8 Å². The van der Waals surface area contributed by atoms with E-state index in [9.17, 15) is 47.9 Å². The Morgan fingerprint density at radius 2 is 0.989 bits per heavy atom. The molecule has 6 N–H and O–H groups in total. The second kappa shape index (κ2) is 33.5. The van der Waals surface area contributed by atoms with Crippen LogP contribution in [0.1, 0.15) is 155 Å². The molecule has 10 atom stereocenters. The third kappa shape index (κ3) is 17.6. The highest BCUT2D eigenvalue weighted by Crippen LogP contribution is 2.28. The Hall–Kier alpha value is -8.30. The van der Waals surface area contributed by atoms with E-state index >= 15 is 0 Å². The molecule has 6 heterocycles. The number of benzene rings is 2. The quantitative estimate of drug-likeness (QED) is 0.0386. The number of amides is 8. The van der Waals surface area contributed by atoms with Gasteiger partial charge in [-0.05, 0) is 118 Å². The van der Waals surface area contributed by atoms with Crippen molar-refractivity contribution in [2.45, 2.75) is 205 Å². The molecule has 8 rings (SSSR count). The Morgan fingerprint density at radius 1 is 0.556 bits per heavy atom. The third-order valence-electron chi connectivity index (χ3n) is 18.2. The highest BCUT2D eigenvalue weighted by Gasteiger charge is 2.43. The van der Waals surface area contributed by atoms with Crippen LogP contribution in [-0.2, 0) is 60.8 Å². The van der Waals surface area contributed by atoms with Crippen molar-refractivity contribution in [3.8, 4) is 0 Å². The number of nitrogens with one attached hydrogen (secondary N) is 6. The van der Waals surface area contributed by atoms with Gasteiger partial charge in [-0.3, -0.25) is 47.9 Å². The summed E-state index contributed by atoms with van der Waals surface area (Å²) < 4.78 is 3.23. The van der Waals surface area contributed by atoms with Gasteiger partial charge < -0.3 is 51.4 Å². The van der Waals surface area contributed by atoms with Gasteiger partial charge in [0, 0.05) is 61.9 Å². The molecule has 0 saturated carbocycles. The maximum absolute atomic E-state index is 14.0. The summed E-state index contributed by atoms with van der Waals surface area (Å²) >= 11 is 0. The summed E-state index contributed by atoms with van der Waals surface area (Å²) in [6.45, 7) is 13.8. The number of hydrogen-bond acceptors (Lipinski definition) is 12. The number of aromatic nitrogens is 2. The molecular formula is C68H94N10O12. The molecule has 90 heavy (non-hydrogen) atoms. The van der Waals surface area contributed by atoms with Gasteiger partial charge in [-0.2, -0.15) is 9.46 Å². The van der Waals surface area contributed by atoms with Crippen LogP contribution in [0.2, 0.25) is 0 Å². The highest BCUT2D eigenvalue weighted by atomic mass is 16.6. The van der Waals surface area contributed by atoms with Crippen LogP contribution < -0.4 is 41.6 Å². The topological polar surface area (TPSA) is 278 Å². The summed E-state index contributed by atoms with van der Waals surface area (Å²) in [7, 11) is 3.11. The van der Waals surface area contributed by atoms with E-state index in [1.165, 1.54) is 12.2 Å². The van der Waals surface area contributed by atoms with Crippen LogP contribution >= 0.6 is 0 Å². The molecule has 4 aliphatic heterocycles. The maximum atomic E-state index is 14.0. The molecule has 3 unspecified atom stereocenters. The van der Waals surface area contributed by atoms with Crippen molar-refractivity contribution in [1.82, 2.24) is 51.2 Å². The molecule has 2 aromatic heterocycles. The second-order valence-electron chi connectivity index (χ2n) is 24.3. The fraction of sp³-hybridized carbons (Fsp3) is 0.559. The first-order valence-electron chi connectivity index (χ1n) is 32.4. The molecule has 2 aromatic carbocycles. The zero-order chi connectivity index (χ0) is 65.0. The van der Waals surface area contributed by atoms with Crippen LogP contribution in [0.5, 0.6) is 0 Å². The predicted molar refractivity (Wildman–Crippen MR) is 342 cm³/mol. The number of rotatable bonds is 23. The summed E-state index contributed by atoms with van der Waals surface area (Å²) in [4.78, 5) is 149. The SMILES string of the molecule is C=CC(=O)CCCCC[C@@H]1NC(=O)[C@H]2CCCCN2C(=O)[C@H](C(C)CC)NC(=O)[C@H](Cc2cn(OC)c3ccccc23)NC1=O.CCC(=O)/C=C/CCCC1NC(=O)[C@H]2CCCCN2C(=O)[C@H](C(C)CC)NC(=O)[C@H](Cc2cn(OC)c3ccccc23)NC1=O. The molecule has 488 valence electrons. The van der Waals surface area contributed by atoms with E-state index in [0.717, 1.165) is 58.6 Å². The summed E-state index contributed by atoms with van der Waals surface area (Å²) in [5.41, 5.74) is 3.21. The van der Waals surface area contributed by atoms with Gasteiger partial charge in [0.1, 0.15) is 62.6 Å². The number of para-hydroxylation sites is 2. The van der Waals surface area contributed by atoms with Crippen molar-refractivity contribution >= 4 is 80.6 Å². The van der Waals surface area contributed by atoms with Gasteiger partial charge in [0.25, 0.3) is 0 Å². The van der Waals surface area contributed by atoms with E-state index in [4.69, 9.17) is 9.68 Å². The summed E-state index contributed by atoms with van der Waals surface area (Å²) in [5, 5.41) is 19.4. The Labute approximate surface area is 528 Å². The molecule has 0 spiro atoms. The lowest BCUT2D eigenvalue weighted by Crippen LogP contribution is -2.64. The van der Waals surface area contributed by atoms with E-state index in [1.54, 1.807) is 58.9 Å². The van der Waals surface area contributed by atoms with Crippen LogP contribution in [-0.4, -0.2) is 154 Å². The van der Waals surface area contributed by atoms with E-state index in [0.29, 0.717) is 96.6 Å². The van der Waals surface area contributed by atoms with Gasteiger partial charge in [-0.25, -0.2) is 0 Å². The zero-order valence-corrected chi connectivity index (χ0v) is 53.5. The zero-order valence-electron chi connectivity index (χ0n) is 53.5. The fourth-order valence-electron chi connectivity index (χ4n) is 12.4. The number of unbranched alkanes of at least 4 members (excludes halogenated alkanes) is 3. The fourth-order valence-corrected chi connectivity index (χ4v) is 12.4. The molecular weight excluding hydrogens is 1150 g/mol. The lowest BCUT2D eigenvalue weighted by atomic mass is 9.93. The minimum Gasteiger partial charge on any atom is -0.417 e. The van der Waals surface area contributed by atoms with Gasteiger partial charge in [0.2, 0.25) is 47.3 Å². The predicted octanol–water partition coefficient (Wildman–Crippen LogP) is 5.69. The van der Waals surface area contributed by atoms with Crippen molar-refractivity contribution in [1.29, 1.82) is 0 Å². The minimum atomic E-state index is -1.02. The first-order chi connectivity index (χ1) is 43.4. The van der Waals surface area contributed by atoms with Crippen molar-refractivity contribution in [2.75, 3.05) is 27.3 Å². The number of piperidine rings is 2. The Kier molecular flexibility index (Phi) is 25.8. The first-order valence-corrected chi connectivity index (χ1v) is 32.4. The largest absolute Gasteiger partial charge is 0.417 e. The van der Waals surface area contributed by atoms with Gasteiger partial charge in [0.15, 0.2) is 11.6 Å². The van der Waals surface area contributed by atoms with Crippen LogP contribution in [0.25, 0.3) is 21.8 Å². The Bertz CT molecular complexity index is 3240. The number of ketones is 2. The summed E-state index contributed by atoms with van der Waals surface area (Å²) in [6, 6.07) is 8.24. The molecule has 4 saturated heterocycles. The molecule has 4 aromatic rings. The first kappa shape index (κ1) is 69.2. The number of hydrogen-bond donors (Lipinski definition) is 6. The minimum absolute atomic E-state index is 0.0217. The smallest absolute Gasteiger partial charge is 0.246 e. The van der Waals surface area contributed by atoms with Gasteiger partial charge in [-0.15, -0.1) is 0 Å². The number of carbonyl (C=O) groups excluding carboxylic acids is 10.